The third-order valence-electron chi connectivity index (χ3n) is 3.35. The van der Waals surface area contributed by atoms with Gasteiger partial charge in [-0.15, -0.1) is 5.10 Å². The minimum atomic E-state index is -0.991. The number of hydrogen-bond donors (Lipinski definition) is 2. The molecule has 0 aliphatic heterocycles. The van der Waals surface area contributed by atoms with Crippen LogP contribution in [-0.4, -0.2) is 43.9 Å². The highest BCUT2D eigenvalue weighted by atomic mass is 16.5. The number of nitrogens with zero attached hydrogens (tertiary/aromatic N) is 3. The molecule has 1 unspecified atom stereocenters. The number of aliphatic hydroxyl groups is 1. The molecule has 0 saturated heterocycles. The molecule has 7 heteroatoms. The molecule has 7 nitrogen and oxygen atoms in total. The Kier molecular flexibility index (Phi) is 4.20. The van der Waals surface area contributed by atoms with E-state index in [-0.39, 0.29) is 18.7 Å². The number of aromatic nitrogens is 3. The van der Waals surface area contributed by atoms with E-state index in [1.807, 2.05) is 24.3 Å². The molecule has 23 heavy (non-hydrogen) atoms. The molecule has 118 valence electrons. The number of carbonyl (C=O) groups is 1. The maximum absolute atomic E-state index is 10.8. The quantitative estimate of drug-likeness (QED) is 0.717. The molecule has 1 atom stereocenters. The minimum Gasteiger partial charge on any atom is -0.491 e. The molecular formula is C16H15N3O4. The summed E-state index contributed by atoms with van der Waals surface area (Å²) in [5, 5.41) is 26.9. The van der Waals surface area contributed by atoms with Crippen LogP contribution in [0.25, 0.3) is 11.0 Å². The van der Waals surface area contributed by atoms with E-state index in [0.29, 0.717) is 5.75 Å². The average Bonchev–Trinajstić information content (AvgIpc) is 2.96. The molecule has 0 aliphatic rings. The van der Waals surface area contributed by atoms with Crippen LogP contribution in [0.1, 0.15) is 10.4 Å². The maximum Gasteiger partial charge on any atom is 0.335 e. The molecule has 3 rings (SSSR count). The van der Waals surface area contributed by atoms with Gasteiger partial charge in [0.05, 0.1) is 17.6 Å². The van der Waals surface area contributed by atoms with Crippen LogP contribution in [0.5, 0.6) is 5.75 Å². The molecule has 0 saturated carbocycles. The van der Waals surface area contributed by atoms with Crippen LogP contribution < -0.4 is 4.74 Å². The number of aliphatic hydroxyl groups excluding tert-OH is 1. The third-order valence-corrected chi connectivity index (χ3v) is 3.35. The van der Waals surface area contributed by atoms with Gasteiger partial charge in [-0.25, -0.2) is 9.48 Å². The van der Waals surface area contributed by atoms with E-state index in [1.54, 1.807) is 16.8 Å². The zero-order valence-corrected chi connectivity index (χ0v) is 12.2. The standard InChI is InChI=1S/C16H15N3O4/c20-12(9-19-15-4-2-1-3-14(15)17-18-19)10-23-13-7-5-11(6-8-13)16(21)22/h1-8,12,20H,9-10H2,(H,21,22). The Bertz CT molecular complexity index is 814. The van der Waals surface area contributed by atoms with Crippen molar-refractivity contribution in [2.24, 2.45) is 0 Å². The number of rotatable bonds is 6. The molecule has 0 aliphatic carbocycles. The fraction of sp³-hybridized carbons (Fsp3) is 0.188. The summed E-state index contributed by atoms with van der Waals surface area (Å²) in [4.78, 5) is 10.8. The van der Waals surface area contributed by atoms with E-state index < -0.39 is 12.1 Å². The first kappa shape index (κ1) is 15.0. The molecule has 0 radical (unpaired) electrons. The number of carboxylic acid groups (broad SMARTS) is 1. The van der Waals surface area contributed by atoms with Crippen molar-refractivity contribution in [1.82, 2.24) is 15.0 Å². The first-order valence-electron chi connectivity index (χ1n) is 7.06. The molecular weight excluding hydrogens is 298 g/mol. The van der Waals surface area contributed by atoms with E-state index in [2.05, 4.69) is 10.3 Å². The smallest absolute Gasteiger partial charge is 0.335 e. The van der Waals surface area contributed by atoms with Crippen LogP contribution in [0, 0.1) is 0 Å². The van der Waals surface area contributed by atoms with Gasteiger partial charge in [-0.05, 0) is 36.4 Å². The number of para-hydroxylation sites is 1. The van der Waals surface area contributed by atoms with E-state index >= 15 is 0 Å². The van der Waals surface area contributed by atoms with Crippen molar-refractivity contribution in [2.75, 3.05) is 6.61 Å². The van der Waals surface area contributed by atoms with Crippen LogP contribution in [0.15, 0.2) is 48.5 Å². The Morgan fingerprint density at radius 3 is 2.65 bits per heavy atom. The Hall–Kier alpha value is -2.93. The topological polar surface area (TPSA) is 97.5 Å². The molecule has 0 bridgehead atoms. The highest BCUT2D eigenvalue weighted by molar-refractivity contribution is 5.87. The Labute approximate surface area is 131 Å². The highest BCUT2D eigenvalue weighted by Crippen LogP contribution is 2.14. The lowest BCUT2D eigenvalue weighted by molar-refractivity contribution is 0.0696. The summed E-state index contributed by atoms with van der Waals surface area (Å²) < 4.78 is 7.08. The second kappa shape index (κ2) is 6.45. The van der Waals surface area contributed by atoms with Crippen LogP contribution in [0.2, 0.25) is 0 Å². The predicted octanol–water partition coefficient (Wildman–Crippen LogP) is 1.57. The molecule has 0 spiro atoms. The fourth-order valence-electron chi connectivity index (χ4n) is 2.19. The van der Waals surface area contributed by atoms with Gasteiger partial charge in [0.15, 0.2) is 0 Å². The van der Waals surface area contributed by atoms with Gasteiger partial charge in [0.1, 0.15) is 24.0 Å². The second-order valence-electron chi connectivity index (χ2n) is 5.05. The number of benzene rings is 2. The van der Waals surface area contributed by atoms with Crippen molar-refractivity contribution in [3.8, 4) is 5.75 Å². The minimum absolute atomic E-state index is 0.0700. The summed E-state index contributed by atoms with van der Waals surface area (Å²) in [5.41, 5.74) is 1.80. The van der Waals surface area contributed by atoms with Crippen molar-refractivity contribution in [1.29, 1.82) is 0 Å². The molecule has 2 aromatic carbocycles. The van der Waals surface area contributed by atoms with Gasteiger partial charge in [0.2, 0.25) is 0 Å². The van der Waals surface area contributed by atoms with Crippen LogP contribution in [0.3, 0.4) is 0 Å². The first-order valence-corrected chi connectivity index (χ1v) is 7.06. The largest absolute Gasteiger partial charge is 0.491 e. The predicted molar refractivity (Wildman–Crippen MR) is 82.4 cm³/mol. The Morgan fingerprint density at radius 2 is 1.91 bits per heavy atom. The van der Waals surface area contributed by atoms with Crippen LogP contribution >= 0.6 is 0 Å². The van der Waals surface area contributed by atoms with Crippen molar-refractivity contribution in [3.05, 3.63) is 54.1 Å². The third kappa shape index (κ3) is 3.46. The maximum atomic E-state index is 10.8. The van der Waals surface area contributed by atoms with Crippen molar-refractivity contribution >= 4 is 17.0 Å². The van der Waals surface area contributed by atoms with Crippen molar-refractivity contribution in [3.63, 3.8) is 0 Å². The van der Waals surface area contributed by atoms with E-state index in [0.717, 1.165) is 11.0 Å². The number of fused-ring (bicyclic) bond motifs is 1. The van der Waals surface area contributed by atoms with Crippen LogP contribution in [0.4, 0.5) is 0 Å². The normalized spacial score (nSPS) is 12.2. The van der Waals surface area contributed by atoms with E-state index in [4.69, 9.17) is 9.84 Å². The molecule has 2 N–H and O–H groups in total. The lowest BCUT2D eigenvalue weighted by Crippen LogP contribution is -2.24. The number of ether oxygens (including phenoxy) is 1. The fourth-order valence-corrected chi connectivity index (χ4v) is 2.19. The zero-order chi connectivity index (χ0) is 16.2. The van der Waals surface area contributed by atoms with Gasteiger partial charge in [0.25, 0.3) is 0 Å². The summed E-state index contributed by atoms with van der Waals surface area (Å²) in [7, 11) is 0. The summed E-state index contributed by atoms with van der Waals surface area (Å²) in [6, 6.07) is 13.5. The van der Waals surface area contributed by atoms with Crippen LogP contribution in [-0.2, 0) is 6.54 Å². The number of hydrogen-bond acceptors (Lipinski definition) is 5. The summed E-state index contributed by atoms with van der Waals surface area (Å²) in [6.45, 7) is 0.328. The highest BCUT2D eigenvalue weighted by Gasteiger charge is 2.11. The van der Waals surface area contributed by atoms with Gasteiger partial charge < -0.3 is 14.9 Å². The first-order chi connectivity index (χ1) is 11.1. The average molecular weight is 313 g/mol. The summed E-state index contributed by atoms with van der Waals surface area (Å²) in [6.07, 6.45) is -0.765. The molecule has 0 fully saturated rings. The van der Waals surface area contributed by atoms with Gasteiger partial charge >= 0.3 is 5.97 Å². The molecule has 3 aromatic rings. The zero-order valence-electron chi connectivity index (χ0n) is 12.2. The SMILES string of the molecule is O=C(O)c1ccc(OCC(O)Cn2nnc3ccccc32)cc1. The monoisotopic (exact) mass is 313 g/mol. The Morgan fingerprint density at radius 1 is 1.17 bits per heavy atom. The van der Waals surface area contributed by atoms with Crippen molar-refractivity contribution < 1.29 is 19.7 Å². The summed E-state index contributed by atoms with van der Waals surface area (Å²) in [5.74, 6) is -0.493. The lowest BCUT2D eigenvalue weighted by atomic mass is 10.2. The second-order valence-corrected chi connectivity index (χ2v) is 5.05. The van der Waals surface area contributed by atoms with Gasteiger partial charge in [-0.3, -0.25) is 0 Å². The molecule has 1 heterocycles. The van der Waals surface area contributed by atoms with Gasteiger partial charge in [-0.2, -0.15) is 0 Å². The van der Waals surface area contributed by atoms with Gasteiger partial charge in [0, 0.05) is 0 Å². The van der Waals surface area contributed by atoms with E-state index in [1.165, 1.54) is 12.1 Å². The number of aromatic carboxylic acids is 1. The van der Waals surface area contributed by atoms with Gasteiger partial charge in [-0.1, -0.05) is 17.3 Å². The summed E-state index contributed by atoms with van der Waals surface area (Å²) >= 11 is 0. The number of carboxylic acids is 1. The molecule has 1 aromatic heterocycles. The van der Waals surface area contributed by atoms with E-state index in [9.17, 15) is 9.90 Å². The Balaban J connectivity index is 1.59. The molecule has 0 amide bonds. The van der Waals surface area contributed by atoms with Crippen molar-refractivity contribution in [2.45, 2.75) is 12.6 Å². The lowest BCUT2D eigenvalue weighted by Gasteiger charge is -2.12.